The highest BCUT2D eigenvalue weighted by Gasteiger charge is 2.15. The number of nitrogens with one attached hydrogen (secondary N) is 1. The second-order valence-corrected chi connectivity index (χ2v) is 5.19. The molecule has 1 heterocycles. The Balaban J connectivity index is 0.00000200. The molecule has 6 heteroatoms. The number of nitrogens with zero attached hydrogens (tertiary/aromatic N) is 2. The van der Waals surface area contributed by atoms with Crippen molar-refractivity contribution in [1.29, 1.82) is 0 Å². The highest BCUT2D eigenvalue weighted by Crippen LogP contribution is 2.17. The highest BCUT2D eigenvalue weighted by molar-refractivity contribution is 14.0. The molecule has 114 valence electrons. The number of aromatic nitrogens is 1. The van der Waals surface area contributed by atoms with E-state index in [0.29, 0.717) is 18.5 Å². The molecule has 0 atom stereocenters. The lowest BCUT2D eigenvalue weighted by Gasteiger charge is -2.11. The molecular formula is C14H25IN4O. The summed E-state index contributed by atoms with van der Waals surface area (Å²) < 4.78 is 5.67. The summed E-state index contributed by atoms with van der Waals surface area (Å²) in [6, 6.07) is 0.496. The zero-order chi connectivity index (χ0) is 13.7. The van der Waals surface area contributed by atoms with E-state index in [1.54, 1.807) is 0 Å². The lowest BCUT2D eigenvalue weighted by Crippen LogP contribution is -2.38. The third kappa shape index (κ3) is 4.96. The number of aryl methyl sites for hydroxylation is 2. The molecular weight excluding hydrogens is 367 g/mol. The van der Waals surface area contributed by atoms with E-state index in [4.69, 9.17) is 10.2 Å². The first-order chi connectivity index (χ1) is 9.19. The van der Waals surface area contributed by atoms with E-state index < -0.39 is 0 Å². The SMILES string of the molecule is CCCc1nc(C)c(CN=C(N)NC2CCCC2)o1.I. The molecule has 0 bridgehead atoms. The summed E-state index contributed by atoms with van der Waals surface area (Å²) in [5.74, 6) is 2.13. The molecule has 0 aromatic carbocycles. The van der Waals surface area contributed by atoms with Crippen molar-refractivity contribution in [1.82, 2.24) is 10.3 Å². The van der Waals surface area contributed by atoms with Gasteiger partial charge >= 0.3 is 0 Å². The third-order valence-electron chi connectivity index (χ3n) is 3.50. The van der Waals surface area contributed by atoms with Crippen LogP contribution in [0.2, 0.25) is 0 Å². The molecule has 3 N–H and O–H groups in total. The van der Waals surface area contributed by atoms with E-state index in [-0.39, 0.29) is 24.0 Å². The molecule has 1 aliphatic carbocycles. The quantitative estimate of drug-likeness (QED) is 0.459. The zero-order valence-electron chi connectivity index (χ0n) is 12.3. The summed E-state index contributed by atoms with van der Waals surface area (Å²) in [6.07, 6.45) is 6.86. The van der Waals surface area contributed by atoms with Crippen molar-refractivity contribution >= 4 is 29.9 Å². The zero-order valence-corrected chi connectivity index (χ0v) is 14.6. The van der Waals surface area contributed by atoms with Crippen molar-refractivity contribution in [3.8, 4) is 0 Å². The van der Waals surface area contributed by atoms with Gasteiger partial charge in [0, 0.05) is 12.5 Å². The van der Waals surface area contributed by atoms with Crippen LogP contribution in [0.25, 0.3) is 0 Å². The van der Waals surface area contributed by atoms with Crippen LogP contribution in [-0.4, -0.2) is 17.0 Å². The average molecular weight is 392 g/mol. The van der Waals surface area contributed by atoms with Crippen LogP contribution in [0, 0.1) is 6.92 Å². The van der Waals surface area contributed by atoms with E-state index in [9.17, 15) is 0 Å². The van der Waals surface area contributed by atoms with E-state index in [1.807, 2.05) is 6.92 Å². The topological polar surface area (TPSA) is 76.4 Å². The fourth-order valence-corrected chi connectivity index (χ4v) is 2.44. The van der Waals surface area contributed by atoms with Gasteiger partial charge in [-0.3, -0.25) is 0 Å². The molecule has 0 spiro atoms. The first-order valence-electron chi connectivity index (χ1n) is 7.20. The summed E-state index contributed by atoms with van der Waals surface area (Å²) >= 11 is 0. The first kappa shape index (κ1) is 17.3. The standard InChI is InChI=1S/C14H24N4O.HI/c1-3-6-13-17-10(2)12(19-13)9-16-14(15)18-11-7-4-5-8-11;/h11H,3-9H2,1-2H3,(H3,15,16,18);1H. The Morgan fingerprint density at radius 2 is 2.15 bits per heavy atom. The monoisotopic (exact) mass is 392 g/mol. The van der Waals surface area contributed by atoms with Crippen molar-refractivity contribution in [2.75, 3.05) is 0 Å². The Bertz CT molecular complexity index is 438. The van der Waals surface area contributed by atoms with Gasteiger partial charge in [-0.25, -0.2) is 9.98 Å². The summed E-state index contributed by atoms with van der Waals surface area (Å²) in [5, 5.41) is 3.27. The molecule has 0 saturated heterocycles. The van der Waals surface area contributed by atoms with Crippen molar-refractivity contribution in [3.05, 3.63) is 17.3 Å². The van der Waals surface area contributed by atoms with Gasteiger partial charge < -0.3 is 15.5 Å². The molecule has 0 aliphatic heterocycles. The molecule has 5 nitrogen and oxygen atoms in total. The number of hydrogen-bond donors (Lipinski definition) is 2. The van der Waals surface area contributed by atoms with Crippen LogP contribution in [0.15, 0.2) is 9.41 Å². The molecule has 2 rings (SSSR count). The van der Waals surface area contributed by atoms with E-state index in [1.165, 1.54) is 25.7 Å². The number of rotatable bonds is 5. The number of aliphatic imine (C=N–C) groups is 1. The van der Waals surface area contributed by atoms with Crippen LogP contribution >= 0.6 is 24.0 Å². The maximum Gasteiger partial charge on any atom is 0.194 e. The van der Waals surface area contributed by atoms with Crippen molar-refractivity contribution in [2.24, 2.45) is 10.7 Å². The van der Waals surface area contributed by atoms with Crippen molar-refractivity contribution in [2.45, 2.75) is 65.0 Å². The largest absolute Gasteiger partial charge is 0.443 e. The number of guanidine groups is 1. The van der Waals surface area contributed by atoms with E-state index in [0.717, 1.165) is 30.2 Å². The van der Waals surface area contributed by atoms with Gasteiger partial charge in [0.25, 0.3) is 0 Å². The van der Waals surface area contributed by atoms with Crippen LogP contribution in [-0.2, 0) is 13.0 Å². The van der Waals surface area contributed by atoms with Gasteiger partial charge in [-0.1, -0.05) is 19.8 Å². The molecule has 1 aromatic rings. The first-order valence-corrected chi connectivity index (χ1v) is 7.20. The molecule has 0 unspecified atom stereocenters. The normalized spacial score (nSPS) is 16.2. The van der Waals surface area contributed by atoms with Gasteiger partial charge in [0.15, 0.2) is 11.9 Å². The molecule has 1 aliphatic rings. The van der Waals surface area contributed by atoms with Gasteiger partial charge in [-0.05, 0) is 26.2 Å². The average Bonchev–Trinajstić information content (AvgIpc) is 2.97. The predicted molar refractivity (Wildman–Crippen MR) is 91.4 cm³/mol. The minimum atomic E-state index is 0. The predicted octanol–water partition coefficient (Wildman–Crippen LogP) is 2.90. The molecule has 1 aromatic heterocycles. The second kappa shape index (κ2) is 8.49. The number of halogens is 1. The maximum atomic E-state index is 5.89. The van der Waals surface area contributed by atoms with Crippen LogP contribution in [0.4, 0.5) is 0 Å². The van der Waals surface area contributed by atoms with E-state index in [2.05, 4.69) is 22.2 Å². The van der Waals surface area contributed by atoms with Crippen LogP contribution in [0.3, 0.4) is 0 Å². The van der Waals surface area contributed by atoms with Crippen LogP contribution in [0.1, 0.15) is 56.4 Å². The Hall–Kier alpha value is -0.790. The molecule has 1 fully saturated rings. The Morgan fingerprint density at radius 3 is 2.80 bits per heavy atom. The summed E-state index contributed by atoms with van der Waals surface area (Å²) in [6.45, 7) is 4.53. The molecule has 0 amide bonds. The maximum absolute atomic E-state index is 5.89. The lowest BCUT2D eigenvalue weighted by atomic mass is 10.2. The fraction of sp³-hybridized carbons (Fsp3) is 0.714. The number of oxazole rings is 1. The van der Waals surface area contributed by atoms with Gasteiger partial charge in [0.1, 0.15) is 12.3 Å². The lowest BCUT2D eigenvalue weighted by molar-refractivity contribution is 0.453. The minimum absolute atomic E-state index is 0. The Morgan fingerprint density at radius 1 is 1.45 bits per heavy atom. The summed E-state index contributed by atoms with van der Waals surface area (Å²) in [5.41, 5.74) is 6.81. The van der Waals surface area contributed by atoms with Gasteiger partial charge in [-0.15, -0.1) is 24.0 Å². The van der Waals surface area contributed by atoms with E-state index >= 15 is 0 Å². The van der Waals surface area contributed by atoms with Gasteiger partial charge in [-0.2, -0.15) is 0 Å². The molecule has 1 saturated carbocycles. The van der Waals surface area contributed by atoms with Crippen molar-refractivity contribution in [3.63, 3.8) is 0 Å². The van der Waals surface area contributed by atoms with Gasteiger partial charge in [0.05, 0.1) is 5.69 Å². The fourth-order valence-electron chi connectivity index (χ4n) is 2.44. The highest BCUT2D eigenvalue weighted by atomic mass is 127. The van der Waals surface area contributed by atoms with Crippen molar-refractivity contribution < 1.29 is 4.42 Å². The minimum Gasteiger partial charge on any atom is -0.443 e. The smallest absolute Gasteiger partial charge is 0.194 e. The molecule has 0 radical (unpaired) electrons. The van der Waals surface area contributed by atoms with Crippen LogP contribution < -0.4 is 11.1 Å². The summed E-state index contributed by atoms with van der Waals surface area (Å²) in [4.78, 5) is 8.73. The number of nitrogens with two attached hydrogens (primary N) is 1. The molecule has 20 heavy (non-hydrogen) atoms. The Labute approximate surface area is 137 Å². The number of hydrogen-bond acceptors (Lipinski definition) is 3. The van der Waals surface area contributed by atoms with Gasteiger partial charge in [0.2, 0.25) is 0 Å². The third-order valence-corrected chi connectivity index (χ3v) is 3.50. The second-order valence-electron chi connectivity index (χ2n) is 5.19. The van der Waals surface area contributed by atoms with Crippen LogP contribution in [0.5, 0.6) is 0 Å². The summed E-state index contributed by atoms with van der Waals surface area (Å²) in [7, 11) is 0. The Kier molecular flexibility index (Phi) is 7.32.